The second-order valence-electron chi connectivity index (χ2n) is 2.31. The van der Waals surface area contributed by atoms with Gasteiger partial charge in [-0.1, -0.05) is 6.08 Å². The minimum Gasteiger partial charge on any atom is -0.300 e. The van der Waals surface area contributed by atoms with E-state index in [9.17, 15) is 4.79 Å². The molecule has 1 rings (SSSR count). The van der Waals surface area contributed by atoms with Crippen molar-refractivity contribution < 1.29 is 0 Å². The number of imidazole rings is 1. The normalized spacial score (nSPS) is 9.91. The first-order valence-corrected chi connectivity index (χ1v) is 3.66. The van der Waals surface area contributed by atoms with Crippen LogP contribution in [0.25, 0.3) is 0 Å². The van der Waals surface area contributed by atoms with Crippen LogP contribution >= 0.6 is 0 Å². The van der Waals surface area contributed by atoms with Crippen molar-refractivity contribution in [2.24, 2.45) is 0 Å². The van der Waals surface area contributed by atoms with Crippen molar-refractivity contribution in [1.82, 2.24) is 9.13 Å². The molecule has 0 amide bonds. The first kappa shape index (κ1) is 7.85. The van der Waals surface area contributed by atoms with E-state index < -0.39 is 0 Å². The van der Waals surface area contributed by atoms with Gasteiger partial charge in [0.25, 0.3) is 0 Å². The number of nitrogens with zero attached hydrogens (tertiary/aromatic N) is 2. The number of rotatable bonds is 3. The van der Waals surface area contributed by atoms with Gasteiger partial charge >= 0.3 is 5.69 Å². The third kappa shape index (κ3) is 1.42. The number of aromatic nitrogens is 2. The smallest absolute Gasteiger partial charge is 0.300 e. The summed E-state index contributed by atoms with van der Waals surface area (Å²) in [7, 11) is 0. The molecule has 0 aliphatic rings. The van der Waals surface area contributed by atoms with E-state index in [2.05, 4.69) is 6.58 Å². The van der Waals surface area contributed by atoms with Crippen molar-refractivity contribution >= 4 is 0 Å². The largest absolute Gasteiger partial charge is 0.328 e. The Hall–Kier alpha value is -1.25. The first-order chi connectivity index (χ1) is 5.29. The van der Waals surface area contributed by atoms with E-state index in [0.29, 0.717) is 6.54 Å². The lowest BCUT2D eigenvalue weighted by Gasteiger charge is -1.93. The van der Waals surface area contributed by atoms with Crippen LogP contribution in [-0.2, 0) is 13.1 Å². The summed E-state index contributed by atoms with van der Waals surface area (Å²) in [6, 6.07) is 0. The molecule has 1 heterocycles. The van der Waals surface area contributed by atoms with E-state index >= 15 is 0 Å². The Labute approximate surface area is 65.6 Å². The molecule has 3 heteroatoms. The molecular formula is C8H12N2O. The molecule has 60 valence electrons. The summed E-state index contributed by atoms with van der Waals surface area (Å²) in [4.78, 5) is 11.3. The molecule has 0 N–H and O–H groups in total. The fraction of sp³-hybridized carbons (Fsp3) is 0.375. The molecule has 0 spiro atoms. The summed E-state index contributed by atoms with van der Waals surface area (Å²) in [5, 5.41) is 0. The fourth-order valence-corrected chi connectivity index (χ4v) is 0.972. The van der Waals surface area contributed by atoms with Gasteiger partial charge in [0.2, 0.25) is 0 Å². The summed E-state index contributed by atoms with van der Waals surface area (Å²) < 4.78 is 3.28. The molecule has 3 nitrogen and oxygen atoms in total. The maximum absolute atomic E-state index is 11.3. The Balaban J connectivity index is 3.00. The lowest BCUT2D eigenvalue weighted by Crippen LogP contribution is -2.22. The predicted molar refractivity (Wildman–Crippen MR) is 44.6 cm³/mol. The predicted octanol–water partition coefficient (Wildman–Crippen LogP) is 0.856. The van der Waals surface area contributed by atoms with Gasteiger partial charge in [-0.2, -0.15) is 0 Å². The van der Waals surface area contributed by atoms with Gasteiger partial charge in [0, 0.05) is 25.5 Å². The molecule has 0 fully saturated rings. The van der Waals surface area contributed by atoms with E-state index in [1.54, 1.807) is 27.6 Å². The van der Waals surface area contributed by atoms with Gasteiger partial charge in [0.1, 0.15) is 0 Å². The molecule has 0 radical (unpaired) electrons. The van der Waals surface area contributed by atoms with E-state index in [4.69, 9.17) is 0 Å². The molecule has 0 aliphatic carbocycles. The second-order valence-corrected chi connectivity index (χ2v) is 2.31. The standard InChI is InChI=1S/C8H12N2O/c1-3-5-10-7-6-9(4-2)8(10)11/h3,6-7H,1,4-5H2,2H3. The molecule has 0 atom stereocenters. The molecule has 0 aliphatic heterocycles. The SMILES string of the molecule is C=CCn1ccn(CC)c1=O. The molecule has 0 unspecified atom stereocenters. The van der Waals surface area contributed by atoms with E-state index in [1.807, 2.05) is 6.92 Å². The van der Waals surface area contributed by atoms with Crippen LogP contribution in [0.2, 0.25) is 0 Å². The Morgan fingerprint density at radius 2 is 2.18 bits per heavy atom. The van der Waals surface area contributed by atoms with Gasteiger partial charge in [-0.15, -0.1) is 6.58 Å². The summed E-state index contributed by atoms with van der Waals surface area (Å²) in [5.41, 5.74) is 0.0346. The van der Waals surface area contributed by atoms with Crippen LogP contribution in [-0.4, -0.2) is 9.13 Å². The maximum atomic E-state index is 11.3. The van der Waals surface area contributed by atoms with Crippen LogP contribution in [0.1, 0.15) is 6.92 Å². The molecule has 0 saturated heterocycles. The minimum atomic E-state index is 0.0346. The molecule has 1 aromatic rings. The number of allylic oxidation sites excluding steroid dienone is 1. The van der Waals surface area contributed by atoms with Crippen molar-refractivity contribution in [2.75, 3.05) is 0 Å². The van der Waals surface area contributed by atoms with Gasteiger partial charge in [-0.25, -0.2) is 4.79 Å². The van der Waals surface area contributed by atoms with Gasteiger partial charge in [-0.3, -0.25) is 9.13 Å². The van der Waals surface area contributed by atoms with Crippen LogP contribution in [0.4, 0.5) is 0 Å². The average Bonchev–Trinajstić information content (AvgIpc) is 2.34. The highest BCUT2D eigenvalue weighted by atomic mass is 16.1. The highest BCUT2D eigenvalue weighted by Crippen LogP contribution is 1.84. The Morgan fingerprint density at radius 1 is 1.55 bits per heavy atom. The molecular weight excluding hydrogens is 140 g/mol. The van der Waals surface area contributed by atoms with Crippen LogP contribution in [0.3, 0.4) is 0 Å². The molecule has 0 aromatic carbocycles. The van der Waals surface area contributed by atoms with Crippen molar-refractivity contribution in [3.05, 3.63) is 35.5 Å². The monoisotopic (exact) mass is 152 g/mol. The molecule has 11 heavy (non-hydrogen) atoms. The highest BCUT2D eigenvalue weighted by molar-refractivity contribution is 4.83. The molecule has 0 saturated carbocycles. The second kappa shape index (κ2) is 3.23. The molecule has 0 bridgehead atoms. The highest BCUT2D eigenvalue weighted by Gasteiger charge is 1.97. The van der Waals surface area contributed by atoms with Crippen molar-refractivity contribution in [3.8, 4) is 0 Å². The van der Waals surface area contributed by atoms with Crippen molar-refractivity contribution in [2.45, 2.75) is 20.0 Å². The van der Waals surface area contributed by atoms with Crippen LogP contribution < -0.4 is 5.69 Å². The van der Waals surface area contributed by atoms with Crippen LogP contribution in [0.15, 0.2) is 29.8 Å². The summed E-state index contributed by atoms with van der Waals surface area (Å²) >= 11 is 0. The van der Waals surface area contributed by atoms with Gasteiger partial charge in [0.15, 0.2) is 0 Å². The van der Waals surface area contributed by atoms with Crippen LogP contribution in [0.5, 0.6) is 0 Å². The van der Waals surface area contributed by atoms with Crippen molar-refractivity contribution in [1.29, 1.82) is 0 Å². The van der Waals surface area contributed by atoms with Gasteiger partial charge in [0.05, 0.1) is 0 Å². The quantitative estimate of drug-likeness (QED) is 0.590. The third-order valence-electron chi connectivity index (χ3n) is 1.58. The number of aryl methyl sites for hydroxylation is 1. The lowest BCUT2D eigenvalue weighted by molar-refractivity contribution is 0.675. The Morgan fingerprint density at radius 3 is 2.64 bits per heavy atom. The zero-order valence-corrected chi connectivity index (χ0v) is 6.66. The van der Waals surface area contributed by atoms with E-state index in [0.717, 1.165) is 6.54 Å². The lowest BCUT2D eigenvalue weighted by atomic mass is 10.6. The zero-order valence-electron chi connectivity index (χ0n) is 6.66. The topological polar surface area (TPSA) is 26.9 Å². The third-order valence-corrected chi connectivity index (χ3v) is 1.58. The summed E-state index contributed by atoms with van der Waals surface area (Å²) in [5.74, 6) is 0. The first-order valence-electron chi connectivity index (χ1n) is 3.66. The van der Waals surface area contributed by atoms with Gasteiger partial charge in [-0.05, 0) is 6.92 Å². The van der Waals surface area contributed by atoms with E-state index in [-0.39, 0.29) is 5.69 Å². The Kier molecular flexibility index (Phi) is 2.31. The molecule has 1 aromatic heterocycles. The maximum Gasteiger partial charge on any atom is 0.328 e. The Bertz CT molecular complexity index is 295. The minimum absolute atomic E-state index is 0.0346. The fourth-order valence-electron chi connectivity index (χ4n) is 0.972. The van der Waals surface area contributed by atoms with E-state index in [1.165, 1.54) is 0 Å². The number of hydrogen-bond acceptors (Lipinski definition) is 1. The summed E-state index contributed by atoms with van der Waals surface area (Å²) in [6.45, 7) is 6.82. The van der Waals surface area contributed by atoms with Gasteiger partial charge < -0.3 is 0 Å². The van der Waals surface area contributed by atoms with Crippen molar-refractivity contribution in [3.63, 3.8) is 0 Å². The number of hydrogen-bond donors (Lipinski definition) is 0. The average molecular weight is 152 g/mol. The summed E-state index contributed by atoms with van der Waals surface area (Å²) in [6.07, 6.45) is 5.26. The zero-order chi connectivity index (χ0) is 8.27. The van der Waals surface area contributed by atoms with Crippen LogP contribution in [0, 0.1) is 0 Å².